The monoisotopic (exact) mass is 372 g/mol. The minimum Gasteiger partial charge on any atom is -0.316 e. The number of sulfonamides is 1. The van der Waals surface area contributed by atoms with Crippen molar-refractivity contribution in [3.63, 3.8) is 0 Å². The van der Waals surface area contributed by atoms with E-state index in [1.54, 1.807) is 6.92 Å². The molecule has 1 heterocycles. The van der Waals surface area contributed by atoms with Crippen molar-refractivity contribution in [1.29, 1.82) is 0 Å². The summed E-state index contributed by atoms with van der Waals surface area (Å²) in [5.41, 5.74) is 0.685. The third kappa shape index (κ3) is 4.98. The molecule has 1 aromatic rings. The zero-order chi connectivity index (χ0) is 14.8. The van der Waals surface area contributed by atoms with Crippen molar-refractivity contribution in [1.82, 2.24) is 10.0 Å². The van der Waals surface area contributed by atoms with Gasteiger partial charge in [-0.1, -0.05) is 23.2 Å². The summed E-state index contributed by atoms with van der Waals surface area (Å²) in [4.78, 5) is 0.114. The number of nitrogens with one attached hydrogen (secondary N) is 2. The molecule has 1 aromatic carbocycles. The fourth-order valence-corrected chi connectivity index (χ4v) is 3.93. The minimum atomic E-state index is -3.55. The molecule has 1 aliphatic heterocycles. The van der Waals surface area contributed by atoms with Gasteiger partial charge in [-0.25, -0.2) is 13.1 Å². The van der Waals surface area contributed by atoms with Crippen LogP contribution in [-0.4, -0.2) is 28.1 Å². The summed E-state index contributed by atoms with van der Waals surface area (Å²) in [6, 6.07) is 2.87. The summed E-state index contributed by atoms with van der Waals surface area (Å²) >= 11 is 12.0. The predicted molar refractivity (Wildman–Crippen MR) is 89.2 cm³/mol. The van der Waals surface area contributed by atoms with E-state index in [1.807, 2.05) is 0 Å². The molecule has 0 aromatic heterocycles. The summed E-state index contributed by atoms with van der Waals surface area (Å²) in [6.45, 7) is 4.16. The molecule has 2 N–H and O–H groups in total. The Hall–Kier alpha value is -0.0400. The lowest BCUT2D eigenvalue weighted by atomic mass is 10.1. The normalized spacial score (nSPS) is 18.5. The van der Waals surface area contributed by atoms with Crippen LogP contribution in [0.15, 0.2) is 17.0 Å². The molecule has 1 saturated heterocycles. The Labute approximate surface area is 142 Å². The quantitative estimate of drug-likeness (QED) is 0.834. The van der Waals surface area contributed by atoms with E-state index in [4.69, 9.17) is 23.2 Å². The summed E-state index contributed by atoms with van der Waals surface area (Å²) < 4.78 is 27.0. The second-order valence-electron chi connectivity index (χ2n) is 5.06. The molecule has 1 fully saturated rings. The van der Waals surface area contributed by atoms with Crippen molar-refractivity contribution in [2.24, 2.45) is 5.92 Å². The first-order valence-electron chi connectivity index (χ1n) is 6.56. The molecule has 0 amide bonds. The molecule has 1 unspecified atom stereocenters. The summed E-state index contributed by atoms with van der Waals surface area (Å²) in [7, 11) is -3.55. The van der Waals surface area contributed by atoms with Gasteiger partial charge in [0, 0.05) is 16.6 Å². The predicted octanol–water partition coefficient (Wildman–Crippen LogP) is 3.00. The maximum Gasteiger partial charge on any atom is 0.240 e. The first-order valence-corrected chi connectivity index (χ1v) is 8.80. The van der Waals surface area contributed by atoms with Gasteiger partial charge in [0.1, 0.15) is 0 Å². The number of halogens is 3. The van der Waals surface area contributed by atoms with Crippen molar-refractivity contribution in [2.45, 2.75) is 24.7 Å². The molecule has 4 nitrogen and oxygen atoms in total. The summed E-state index contributed by atoms with van der Waals surface area (Å²) in [5, 5.41) is 3.98. The summed E-state index contributed by atoms with van der Waals surface area (Å²) in [5.74, 6) is 0.544. The van der Waals surface area contributed by atoms with Crippen LogP contribution in [0.4, 0.5) is 0 Å². The van der Waals surface area contributed by atoms with Crippen LogP contribution < -0.4 is 10.0 Å². The second kappa shape index (κ2) is 7.99. The van der Waals surface area contributed by atoms with Gasteiger partial charge in [-0.2, -0.15) is 0 Å². The van der Waals surface area contributed by atoms with Gasteiger partial charge >= 0.3 is 0 Å². The molecule has 0 spiro atoms. The Bertz CT molecular complexity index is 564. The van der Waals surface area contributed by atoms with E-state index in [-0.39, 0.29) is 17.3 Å². The maximum absolute atomic E-state index is 12.2. The first-order chi connectivity index (χ1) is 9.40. The Kier molecular flexibility index (Phi) is 7.24. The lowest BCUT2D eigenvalue weighted by Gasteiger charge is -2.11. The molecule has 0 aliphatic carbocycles. The topological polar surface area (TPSA) is 58.2 Å². The van der Waals surface area contributed by atoms with Gasteiger partial charge < -0.3 is 5.32 Å². The second-order valence-corrected chi connectivity index (χ2v) is 7.64. The molecule has 2 rings (SSSR count). The van der Waals surface area contributed by atoms with Crippen LogP contribution in [0.1, 0.15) is 18.4 Å². The van der Waals surface area contributed by atoms with Gasteiger partial charge in [0.05, 0.1) is 4.90 Å². The molecule has 120 valence electrons. The van der Waals surface area contributed by atoms with Crippen LogP contribution in [0.5, 0.6) is 0 Å². The van der Waals surface area contributed by atoms with E-state index < -0.39 is 10.0 Å². The van der Waals surface area contributed by atoms with Crippen molar-refractivity contribution in [2.75, 3.05) is 19.6 Å². The number of hydrogen-bond acceptors (Lipinski definition) is 3. The Morgan fingerprint density at radius 1 is 1.33 bits per heavy atom. The van der Waals surface area contributed by atoms with E-state index >= 15 is 0 Å². The standard InChI is InChI=1S/C13H18Cl2N2O2S.ClH/c1-9-12(14)6-11(7-13(9)15)20(18,19)17-5-3-10-2-4-16-8-10;/h6-7,10,16-17H,2-5,8H2,1H3;1H. The van der Waals surface area contributed by atoms with Crippen molar-refractivity contribution >= 4 is 45.6 Å². The number of hydrogen-bond donors (Lipinski definition) is 2. The molecule has 1 atom stereocenters. The van der Waals surface area contributed by atoms with Crippen LogP contribution >= 0.6 is 35.6 Å². The van der Waals surface area contributed by atoms with Gasteiger partial charge in [-0.05, 0) is 56.5 Å². The Morgan fingerprint density at radius 3 is 2.48 bits per heavy atom. The zero-order valence-electron chi connectivity index (χ0n) is 11.7. The van der Waals surface area contributed by atoms with Crippen LogP contribution in [0.25, 0.3) is 0 Å². The highest BCUT2D eigenvalue weighted by Gasteiger charge is 2.19. The highest BCUT2D eigenvalue weighted by Crippen LogP contribution is 2.27. The molecule has 0 saturated carbocycles. The molecular weight excluding hydrogens is 355 g/mol. The maximum atomic E-state index is 12.2. The average Bonchev–Trinajstić information content (AvgIpc) is 2.88. The Balaban J connectivity index is 0.00000220. The minimum absolute atomic E-state index is 0. The SMILES string of the molecule is Cc1c(Cl)cc(S(=O)(=O)NCCC2CCNC2)cc1Cl.Cl. The van der Waals surface area contributed by atoms with E-state index in [0.29, 0.717) is 28.1 Å². The highest BCUT2D eigenvalue weighted by atomic mass is 35.5. The summed E-state index contributed by atoms with van der Waals surface area (Å²) in [6.07, 6.45) is 1.93. The smallest absolute Gasteiger partial charge is 0.240 e. The lowest BCUT2D eigenvalue weighted by Crippen LogP contribution is -2.26. The van der Waals surface area contributed by atoms with E-state index in [1.165, 1.54) is 12.1 Å². The van der Waals surface area contributed by atoms with Crippen molar-refractivity contribution in [3.8, 4) is 0 Å². The third-order valence-electron chi connectivity index (χ3n) is 3.57. The average molecular weight is 374 g/mol. The van der Waals surface area contributed by atoms with Gasteiger partial charge in [-0.3, -0.25) is 0 Å². The van der Waals surface area contributed by atoms with Gasteiger partial charge in [0.25, 0.3) is 0 Å². The van der Waals surface area contributed by atoms with Crippen molar-refractivity contribution < 1.29 is 8.42 Å². The van der Waals surface area contributed by atoms with Crippen LogP contribution in [0.2, 0.25) is 10.0 Å². The van der Waals surface area contributed by atoms with Gasteiger partial charge in [-0.15, -0.1) is 12.4 Å². The van der Waals surface area contributed by atoms with Crippen molar-refractivity contribution in [3.05, 3.63) is 27.7 Å². The molecular formula is C13H19Cl3N2O2S. The van der Waals surface area contributed by atoms with E-state index in [9.17, 15) is 8.42 Å². The molecule has 0 bridgehead atoms. The Morgan fingerprint density at radius 2 is 1.95 bits per heavy atom. The molecule has 0 radical (unpaired) electrons. The third-order valence-corrected chi connectivity index (χ3v) is 5.80. The fraction of sp³-hybridized carbons (Fsp3) is 0.538. The zero-order valence-corrected chi connectivity index (χ0v) is 14.8. The van der Waals surface area contributed by atoms with Crippen LogP contribution in [0.3, 0.4) is 0 Å². The number of benzene rings is 1. The largest absolute Gasteiger partial charge is 0.316 e. The number of rotatable bonds is 5. The van der Waals surface area contributed by atoms with E-state index in [2.05, 4.69) is 10.0 Å². The lowest BCUT2D eigenvalue weighted by molar-refractivity contribution is 0.519. The highest BCUT2D eigenvalue weighted by molar-refractivity contribution is 7.89. The van der Waals surface area contributed by atoms with Crippen LogP contribution in [-0.2, 0) is 10.0 Å². The van der Waals surface area contributed by atoms with Gasteiger partial charge in [0.15, 0.2) is 0 Å². The van der Waals surface area contributed by atoms with Crippen LogP contribution in [0, 0.1) is 12.8 Å². The fourth-order valence-electron chi connectivity index (χ4n) is 2.22. The molecule has 8 heteroatoms. The van der Waals surface area contributed by atoms with E-state index in [0.717, 1.165) is 25.9 Å². The molecule has 21 heavy (non-hydrogen) atoms. The molecule has 1 aliphatic rings. The first kappa shape index (κ1) is 19.0. The van der Waals surface area contributed by atoms with Gasteiger partial charge in [0.2, 0.25) is 10.0 Å².